The largest absolute Gasteiger partial charge is 0.756 e. The van der Waals surface area contributed by atoms with E-state index in [1.54, 1.807) is 6.07 Å². The van der Waals surface area contributed by atoms with Gasteiger partial charge in [-0.1, -0.05) is 83.5 Å². The molecule has 38 heavy (non-hydrogen) atoms. The third-order valence-corrected chi connectivity index (χ3v) is 7.25. The smallest absolute Gasteiger partial charge is 0.294 e. The van der Waals surface area contributed by atoms with Crippen LogP contribution in [0.2, 0.25) is 0 Å². The molecule has 0 bridgehead atoms. The molecule has 1 aliphatic rings. The van der Waals surface area contributed by atoms with Crippen molar-refractivity contribution in [2.75, 3.05) is 51.3 Å². The molecule has 1 amide bonds. The Bertz CT molecular complexity index is 771. The molecule has 1 aromatic rings. The van der Waals surface area contributed by atoms with E-state index in [-0.39, 0.29) is 13.2 Å². The number of carbonyl (C=O) groups is 1. The Kier molecular flexibility index (Phi) is 16.4. The van der Waals surface area contributed by atoms with Crippen molar-refractivity contribution in [1.29, 1.82) is 0 Å². The molecule has 10 heteroatoms. The van der Waals surface area contributed by atoms with Gasteiger partial charge in [0.05, 0.1) is 12.2 Å². The highest BCUT2D eigenvalue weighted by molar-refractivity contribution is 5.94. The Morgan fingerprint density at radius 1 is 0.868 bits per heavy atom. The van der Waals surface area contributed by atoms with Crippen LogP contribution < -0.4 is 4.90 Å². The van der Waals surface area contributed by atoms with E-state index in [9.17, 15) is 20.1 Å². The van der Waals surface area contributed by atoms with E-state index in [1.165, 1.54) is 64.0 Å². The van der Waals surface area contributed by atoms with Gasteiger partial charge in [-0.2, -0.15) is 0 Å². The van der Waals surface area contributed by atoms with Gasteiger partial charge in [-0.25, -0.2) is 4.98 Å². The summed E-state index contributed by atoms with van der Waals surface area (Å²) < 4.78 is 0. The maximum absolute atomic E-state index is 12.4. The second-order valence-corrected chi connectivity index (χ2v) is 10.5. The summed E-state index contributed by atoms with van der Waals surface area (Å²) >= 11 is 0. The van der Waals surface area contributed by atoms with Gasteiger partial charge in [0.2, 0.25) is 5.91 Å². The van der Waals surface area contributed by atoms with Crippen molar-refractivity contribution in [2.24, 2.45) is 0 Å². The lowest BCUT2D eigenvalue weighted by atomic mass is 10.0. The van der Waals surface area contributed by atoms with Gasteiger partial charge in [0.15, 0.2) is 0 Å². The number of pyridine rings is 1. The first-order valence-electron chi connectivity index (χ1n) is 14.6. The molecule has 0 N–H and O–H groups in total. The highest BCUT2D eigenvalue weighted by Crippen LogP contribution is 2.16. The number of hydrogen-bond donors (Lipinski definition) is 0. The number of hydroxylamine groups is 2. The molecule has 0 aromatic carbocycles. The molecule has 216 valence electrons. The van der Waals surface area contributed by atoms with Gasteiger partial charge in [0.25, 0.3) is 5.09 Å². The van der Waals surface area contributed by atoms with Crippen LogP contribution in [0, 0.1) is 15.3 Å². The van der Waals surface area contributed by atoms with E-state index >= 15 is 0 Å². The Morgan fingerprint density at radius 3 is 1.84 bits per heavy atom. The summed E-state index contributed by atoms with van der Waals surface area (Å²) in [7, 11) is 2.11. The highest BCUT2D eigenvalue weighted by Gasteiger charge is 2.16. The van der Waals surface area contributed by atoms with E-state index in [0.717, 1.165) is 70.5 Å². The molecular weight excluding hydrogens is 486 g/mol. The van der Waals surface area contributed by atoms with E-state index in [4.69, 9.17) is 0 Å². The average molecular weight is 535 g/mol. The number of rotatable bonds is 21. The summed E-state index contributed by atoms with van der Waals surface area (Å²) in [6.07, 6.45) is 18.5. The minimum absolute atomic E-state index is 0.217. The van der Waals surface area contributed by atoms with Gasteiger partial charge < -0.3 is 24.9 Å². The molecule has 0 aliphatic carbocycles. The van der Waals surface area contributed by atoms with Crippen LogP contribution in [0.15, 0.2) is 18.3 Å². The predicted molar refractivity (Wildman–Crippen MR) is 151 cm³/mol. The monoisotopic (exact) mass is 534 g/mol. The number of aromatic nitrogens is 1. The fourth-order valence-electron chi connectivity index (χ4n) is 4.78. The van der Waals surface area contributed by atoms with Crippen molar-refractivity contribution in [3.05, 3.63) is 39.2 Å². The van der Waals surface area contributed by atoms with Crippen LogP contribution in [0.5, 0.6) is 0 Å². The van der Waals surface area contributed by atoms with Crippen LogP contribution in [0.25, 0.3) is 0 Å². The summed E-state index contributed by atoms with van der Waals surface area (Å²) in [5, 5.41) is 22.2. The third-order valence-electron chi connectivity index (χ3n) is 7.25. The van der Waals surface area contributed by atoms with Crippen LogP contribution >= 0.6 is 0 Å². The van der Waals surface area contributed by atoms with Crippen molar-refractivity contribution >= 4 is 11.7 Å². The fourth-order valence-corrected chi connectivity index (χ4v) is 4.78. The van der Waals surface area contributed by atoms with E-state index in [2.05, 4.69) is 26.7 Å². The third kappa shape index (κ3) is 13.9. The normalized spacial score (nSPS) is 14.0. The molecular formula is C28H48N5O5-. The minimum atomic E-state index is -0.722. The predicted octanol–water partition coefficient (Wildman–Crippen LogP) is 5.83. The summed E-state index contributed by atoms with van der Waals surface area (Å²) in [6, 6.07) is 3.56. The highest BCUT2D eigenvalue weighted by atomic mass is 16.9. The standard InChI is InChI=1S/C28H48N5O5/c1-30-20-22-31(23-21-30)27-18-17-26(25-29-27)28(34)32(35)19-15-13-11-9-7-5-3-2-4-6-8-10-12-14-16-24-38-33(36)37/h17-18,25H,2-16,19-24H2,1H3/q-1. The topological polar surface area (TPSA) is 115 Å². The Hall–Kier alpha value is -2.46. The number of carbonyl (C=O) groups excluding carboxylic acids is 1. The zero-order valence-corrected chi connectivity index (χ0v) is 23.4. The molecule has 0 saturated carbocycles. The lowest BCUT2D eigenvalue weighted by Gasteiger charge is -2.33. The molecule has 0 unspecified atom stereocenters. The molecule has 0 radical (unpaired) electrons. The summed E-state index contributed by atoms with van der Waals surface area (Å²) in [4.78, 5) is 35.7. The molecule has 10 nitrogen and oxygen atoms in total. The zero-order chi connectivity index (χ0) is 27.4. The average Bonchev–Trinajstić information content (AvgIpc) is 2.92. The molecule has 1 aromatic heterocycles. The number of anilines is 1. The molecule has 0 atom stereocenters. The number of likely N-dealkylation sites (N-methyl/N-ethyl adjacent to an activating group) is 1. The molecule has 1 aliphatic heterocycles. The summed E-state index contributed by atoms with van der Waals surface area (Å²) in [5.74, 6) is 0.365. The summed E-state index contributed by atoms with van der Waals surface area (Å²) in [6.45, 7) is 4.28. The van der Waals surface area contributed by atoms with Gasteiger partial charge in [0.1, 0.15) is 5.82 Å². The summed E-state index contributed by atoms with van der Waals surface area (Å²) in [5.41, 5.74) is 0.359. The Labute approximate surface area is 228 Å². The first kappa shape index (κ1) is 31.8. The number of hydrogen-bond acceptors (Lipinski definition) is 8. The van der Waals surface area contributed by atoms with Crippen molar-refractivity contribution in [3.63, 3.8) is 0 Å². The van der Waals surface area contributed by atoms with Crippen molar-refractivity contribution in [2.45, 2.75) is 96.3 Å². The van der Waals surface area contributed by atoms with Crippen molar-refractivity contribution in [3.8, 4) is 0 Å². The van der Waals surface area contributed by atoms with Crippen LogP contribution in [0.4, 0.5) is 5.82 Å². The zero-order valence-electron chi connectivity index (χ0n) is 23.4. The Morgan fingerprint density at radius 2 is 1.37 bits per heavy atom. The first-order chi connectivity index (χ1) is 18.5. The van der Waals surface area contributed by atoms with Crippen LogP contribution in [-0.4, -0.2) is 72.3 Å². The van der Waals surface area contributed by atoms with Gasteiger partial charge >= 0.3 is 0 Å². The maximum atomic E-state index is 12.4. The first-order valence-corrected chi connectivity index (χ1v) is 14.6. The lowest BCUT2D eigenvalue weighted by Crippen LogP contribution is -2.44. The van der Waals surface area contributed by atoms with Crippen LogP contribution in [0.1, 0.15) is 107 Å². The van der Waals surface area contributed by atoms with Crippen LogP contribution in [0.3, 0.4) is 0 Å². The molecule has 0 spiro atoms. The quantitative estimate of drug-likeness (QED) is 0.110. The maximum Gasteiger partial charge on any atom is 0.294 e. The molecule has 2 heterocycles. The molecule has 2 rings (SSSR count). The second-order valence-electron chi connectivity index (χ2n) is 10.5. The van der Waals surface area contributed by atoms with E-state index in [0.29, 0.717) is 10.6 Å². The molecule has 1 fully saturated rings. The number of piperazine rings is 1. The second kappa shape index (κ2) is 19.6. The van der Waals surface area contributed by atoms with Gasteiger partial charge in [-0.3, -0.25) is 4.79 Å². The van der Waals surface area contributed by atoms with E-state index < -0.39 is 11.0 Å². The number of unbranched alkanes of at least 4 members (excludes halogenated alkanes) is 14. The van der Waals surface area contributed by atoms with Gasteiger partial charge in [-0.15, -0.1) is 10.1 Å². The SMILES string of the molecule is CN1CCN(c2ccc(C(=O)N([O-])CCCCCCCCCCCCCCCCCO[N+](=O)[O-])cn2)CC1. The lowest BCUT2D eigenvalue weighted by molar-refractivity contribution is -0.757. The van der Waals surface area contributed by atoms with Crippen molar-refractivity contribution in [1.82, 2.24) is 14.9 Å². The van der Waals surface area contributed by atoms with Crippen molar-refractivity contribution < 1.29 is 14.7 Å². The number of amides is 1. The fraction of sp³-hybridized carbons (Fsp3) is 0.786. The number of nitrogens with zero attached hydrogens (tertiary/aromatic N) is 5. The Balaban J connectivity index is 1.38. The van der Waals surface area contributed by atoms with Crippen LogP contribution in [-0.2, 0) is 4.84 Å². The van der Waals surface area contributed by atoms with E-state index in [1.807, 2.05) is 6.07 Å². The minimum Gasteiger partial charge on any atom is -0.756 e. The molecule has 1 saturated heterocycles. The van der Waals surface area contributed by atoms with Gasteiger partial charge in [0, 0.05) is 38.9 Å². The van der Waals surface area contributed by atoms with Gasteiger partial charge in [-0.05, 0) is 32.0 Å².